The van der Waals surface area contributed by atoms with Crippen LogP contribution in [0.3, 0.4) is 0 Å². The number of anilines is 1. The van der Waals surface area contributed by atoms with Gasteiger partial charge in [-0.1, -0.05) is 0 Å². The summed E-state index contributed by atoms with van der Waals surface area (Å²) in [6.07, 6.45) is -0.0224. The number of sulfonamides is 1. The molecule has 0 bridgehead atoms. The van der Waals surface area contributed by atoms with E-state index in [0.717, 1.165) is 23.6 Å². The summed E-state index contributed by atoms with van der Waals surface area (Å²) < 4.78 is 57.9. The average Bonchev–Trinajstić information content (AvgIpc) is 2.75. The second kappa shape index (κ2) is 9.40. The Morgan fingerprint density at radius 3 is 2.30 bits per heavy atom. The molecular formula is C20H23F2N3O4S. The largest absolute Gasteiger partial charge is 0.497 e. The first-order valence-corrected chi connectivity index (χ1v) is 10.9. The summed E-state index contributed by atoms with van der Waals surface area (Å²) in [5.41, 5.74) is 1.04. The van der Waals surface area contributed by atoms with Crippen molar-refractivity contribution in [3.05, 3.63) is 54.1 Å². The topological polar surface area (TPSA) is 79.0 Å². The number of nitrogens with one attached hydrogen (secondary N) is 1. The maximum atomic E-state index is 13.3. The zero-order valence-electron chi connectivity index (χ0n) is 16.5. The van der Waals surface area contributed by atoms with E-state index < -0.39 is 21.7 Å². The Morgan fingerprint density at radius 2 is 1.70 bits per heavy atom. The second-order valence-corrected chi connectivity index (χ2v) is 8.56. The molecule has 0 aromatic heterocycles. The Morgan fingerprint density at radius 1 is 1.03 bits per heavy atom. The number of nitrogens with zero attached hydrogens (tertiary/aromatic N) is 2. The first-order valence-electron chi connectivity index (χ1n) is 9.41. The molecule has 2 aromatic carbocycles. The maximum absolute atomic E-state index is 13.3. The fourth-order valence-corrected chi connectivity index (χ4v) is 4.23. The van der Waals surface area contributed by atoms with Gasteiger partial charge in [-0.25, -0.2) is 21.9 Å². The number of rotatable bonds is 7. The summed E-state index contributed by atoms with van der Waals surface area (Å²) in [5, 5.41) is 0. The highest BCUT2D eigenvalue weighted by molar-refractivity contribution is 7.89. The average molecular weight is 439 g/mol. The summed E-state index contributed by atoms with van der Waals surface area (Å²) in [6.45, 7) is 2.26. The number of carbonyl (C=O) groups is 1. The molecule has 1 amide bonds. The van der Waals surface area contributed by atoms with Gasteiger partial charge < -0.3 is 14.5 Å². The van der Waals surface area contributed by atoms with Crippen molar-refractivity contribution in [1.82, 2.24) is 9.62 Å². The molecule has 10 heteroatoms. The Bertz CT molecular complexity index is 992. The Kier molecular flexibility index (Phi) is 6.88. The standard InChI is InChI=1S/C20H23F2N3O4S/c1-29-16-4-2-15(3-5-16)24-10-12-25(13-11-24)20(26)8-9-23-30(27,28)17-6-7-18(21)19(22)14-17/h2-7,14,23H,8-13H2,1H3. The third kappa shape index (κ3) is 5.25. The monoisotopic (exact) mass is 439 g/mol. The zero-order valence-corrected chi connectivity index (χ0v) is 17.3. The summed E-state index contributed by atoms with van der Waals surface area (Å²) in [7, 11) is -2.41. The lowest BCUT2D eigenvalue weighted by Gasteiger charge is -2.36. The number of hydrogen-bond donors (Lipinski definition) is 1. The molecule has 0 saturated carbocycles. The number of methoxy groups -OCH3 is 1. The van der Waals surface area contributed by atoms with Crippen LogP contribution in [0.2, 0.25) is 0 Å². The van der Waals surface area contributed by atoms with E-state index >= 15 is 0 Å². The lowest BCUT2D eigenvalue weighted by Crippen LogP contribution is -2.49. The van der Waals surface area contributed by atoms with Crippen LogP contribution in [0.25, 0.3) is 0 Å². The summed E-state index contributed by atoms with van der Waals surface area (Å²) >= 11 is 0. The minimum atomic E-state index is -4.02. The van der Waals surface area contributed by atoms with Gasteiger partial charge in [0.2, 0.25) is 15.9 Å². The first-order chi connectivity index (χ1) is 14.3. The lowest BCUT2D eigenvalue weighted by molar-refractivity contribution is -0.131. The van der Waals surface area contributed by atoms with Gasteiger partial charge in [-0.2, -0.15) is 0 Å². The number of carbonyl (C=O) groups excluding carboxylic acids is 1. The molecule has 1 aliphatic heterocycles. The number of hydrogen-bond acceptors (Lipinski definition) is 5. The predicted molar refractivity (Wildman–Crippen MR) is 108 cm³/mol. The smallest absolute Gasteiger partial charge is 0.240 e. The van der Waals surface area contributed by atoms with Gasteiger partial charge in [0.15, 0.2) is 11.6 Å². The summed E-state index contributed by atoms with van der Waals surface area (Å²) in [6, 6.07) is 10.0. The first kappa shape index (κ1) is 22.0. The van der Waals surface area contributed by atoms with E-state index in [4.69, 9.17) is 4.74 Å². The SMILES string of the molecule is COc1ccc(N2CCN(C(=O)CCNS(=O)(=O)c3ccc(F)c(F)c3)CC2)cc1. The van der Waals surface area contributed by atoms with Crippen LogP contribution in [-0.2, 0) is 14.8 Å². The summed E-state index contributed by atoms with van der Waals surface area (Å²) in [4.78, 5) is 15.9. The van der Waals surface area contributed by atoms with Crippen LogP contribution in [0.4, 0.5) is 14.5 Å². The van der Waals surface area contributed by atoms with Crippen molar-refractivity contribution in [2.24, 2.45) is 0 Å². The number of halogens is 2. The van der Waals surface area contributed by atoms with Crippen LogP contribution < -0.4 is 14.4 Å². The Hall–Kier alpha value is -2.72. The van der Waals surface area contributed by atoms with E-state index in [1.54, 1.807) is 12.0 Å². The third-order valence-corrected chi connectivity index (χ3v) is 6.36. The van der Waals surface area contributed by atoms with E-state index in [1.807, 2.05) is 24.3 Å². The van der Waals surface area contributed by atoms with Crippen LogP contribution in [0.5, 0.6) is 5.75 Å². The van der Waals surface area contributed by atoms with Crippen molar-refractivity contribution in [3.8, 4) is 5.75 Å². The molecule has 1 aliphatic rings. The van der Waals surface area contributed by atoms with Gasteiger partial charge in [0, 0.05) is 44.8 Å². The van der Waals surface area contributed by atoms with Gasteiger partial charge in [-0.3, -0.25) is 4.79 Å². The van der Waals surface area contributed by atoms with Crippen LogP contribution in [0.15, 0.2) is 47.4 Å². The number of benzene rings is 2. The molecule has 162 valence electrons. The van der Waals surface area contributed by atoms with Crippen molar-refractivity contribution in [2.45, 2.75) is 11.3 Å². The normalized spacial score (nSPS) is 14.6. The van der Waals surface area contributed by atoms with Gasteiger partial charge in [-0.05, 0) is 42.5 Å². The Balaban J connectivity index is 1.47. The number of piperazine rings is 1. The molecule has 1 fully saturated rings. The lowest BCUT2D eigenvalue weighted by atomic mass is 10.2. The van der Waals surface area contributed by atoms with E-state index in [1.165, 1.54) is 0 Å². The van der Waals surface area contributed by atoms with Crippen molar-refractivity contribution in [2.75, 3.05) is 44.7 Å². The van der Waals surface area contributed by atoms with E-state index in [0.29, 0.717) is 32.2 Å². The van der Waals surface area contributed by atoms with Crippen molar-refractivity contribution in [3.63, 3.8) is 0 Å². The van der Waals surface area contributed by atoms with Gasteiger partial charge in [0.05, 0.1) is 12.0 Å². The molecule has 1 heterocycles. The molecule has 0 aliphatic carbocycles. The fourth-order valence-electron chi connectivity index (χ4n) is 3.18. The highest BCUT2D eigenvalue weighted by atomic mass is 32.2. The van der Waals surface area contributed by atoms with Crippen LogP contribution in [0, 0.1) is 11.6 Å². The van der Waals surface area contributed by atoms with Crippen LogP contribution in [-0.4, -0.2) is 59.1 Å². The highest BCUT2D eigenvalue weighted by Gasteiger charge is 2.22. The molecule has 30 heavy (non-hydrogen) atoms. The minimum absolute atomic E-state index is 0.0224. The summed E-state index contributed by atoms with van der Waals surface area (Å²) in [5.74, 6) is -1.77. The van der Waals surface area contributed by atoms with Gasteiger partial charge in [0.1, 0.15) is 5.75 Å². The molecule has 0 spiro atoms. The van der Waals surface area contributed by atoms with Crippen LogP contribution >= 0.6 is 0 Å². The molecule has 1 saturated heterocycles. The molecule has 0 atom stereocenters. The number of amides is 1. The Labute approximate surface area is 174 Å². The van der Waals surface area contributed by atoms with Gasteiger partial charge in [0.25, 0.3) is 0 Å². The quantitative estimate of drug-likeness (QED) is 0.714. The molecule has 2 aromatic rings. The molecule has 3 rings (SSSR count). The molecule has 1 N–H and O–H groups in total. The number of ether oxygens (including phenoxy) is 1. The van der Waals surface area contributed by atoms with Crippen LogP contribution in [0.1, 0.15) is 6.42 Å². The maximum Gasteiger partial charge on any atom is 0.240 e. The zero-order chi connectivity index (χ0) is 21.7. The third-order valence-electron chi connectivity index (χ3n) is 4.90. The molecule has 0 unspecified atom stereocenters. The van der Waals surface area contributed by atoms with E-state index in [-0.39, 0.29) is 23.8 Å². The predicted octanol–water partition coefficient (Wildman–Crippen LogP) is 1.99. The van der Waals surface area contributed by atoms with E-state index in [9.17, 15) is 22.0 Å². The van der Waals surface area contributed by atoms with Gasteiger partial charge in [-0.15, -0.1) is 0 Å². The molecule has 0 radical (unpaired) electrons. The molecular weight excluding hydrogens is 416 g/mol. The fraction of sp³-hybridized carbons (Fsp3) is 0.350. The van der Waals surface area contributed by atoms with E-state index in [2.05, 4.69) is 9.62 Å². The van der Waals surface area contributed by atoms with Gasteiger partial charge >= 0.3 is 0 Å². The second-order valence-electron chi connectivity index (χ2n) is 6.79. The van der Waals surface area contributed by atoms with Crippen molar-refractivity contribution >= 4 is 21.6 Å². The highest BCUT2D eigenvalue weighted by Crippen LogP contribution is 2.20. The van der Waals surface area contributed by atoms with Crippen molar-refractivity contribution < 1.29 is 26.7 Å². The van der Waals surface area contributed by atoms with Crippen molar-refractivity contribution in [1.29, 1.82) is 0 Å². The minimum Gasteiger partial charge on any atom is -0.497 e. The molecule has 7 nitrogen and oxygen atoms in total.